The normalized spacial score (nSPS) is 11.9. The topological polar surface area (TPSA) is 38.9 Å². The van der Waals surface area contributed by atoms with Crippen molar-refractivity contribution in [2.24, 2.45) is 0 Å². The Morgan fingerprint density at radius 3 is 2.38 bits per heavy atom. The fraction of sp³-hybridized carbons (Fsp3) is 0.176. The first-order chi connectivity index (χ1) is 19.0. The maximum Gasteiger partial charge on any atom is 0.124 e. The van der Waals surface area contributed by atoms with Crippen molar-refractivity contribution in [2.75, 3.05) is 0 Å². The molecule has 3 heterocycles. The fourth-order valence-electron chi connectivity index (χ4n) is 4.33. The Bertz CT molecular complexity index is 1780. The van der Waals surface area contributed by atoms with Crippen molar-refractivity contribution in [3.05, 3.63) is 115 Å². The molecule has 205 valence electrons. The van der Waals surface area contributed by atoms with Crippen LogP contribution in [-0.2, 0) is 20.1 Å². The fourth-order valence-corrected chi connectivity index (χ4v) is 5.37. The molecule has 0 aliphatic carbocycles. The van der Waals surface area contributed by atoms with E-state index in [1.807, 2.05) is 62.5 Å². The summed E-state index contributed by atoms with van der Waals surface area (Å²) in [5, 5.41) is 2.96. The molecule has 1 radical (unpaired) electrons. The van der Waals surface area contributed by atoms with Crippen LogP contribution in [0, 0.1) is 17.9 Å². The van der Waals surface area contributed by atoms with Crippen LogP contribution in [0.25, 0.3) is 44.5 Å². The number of nitrogens with zero attached hydrogens (tertiary/aromatic N) is 2. The van der Waals surface area contributed by atoms with Crippen LogP contribution in [0.4, 0.5) is 4.39 Å². The quantitative estimate of drug-likeness (QED) is 0.135. The zero-order valence-corrected chi connectivity index (χ0v) is 26.6. The Labute approximate surface area is 251 Å². The molecule has 0 saturated heterocycles. The third-order valence-corrected chi connectivity index (χ3v) is 8.63. The first kappa shape index (κ1) is 28.1. The summed E-state index contributed by atoms with van der Waals surface area (Å²) >= 11 is 0. The van der Waals surface area contributed by atoms with Gasteiger partial charge in [-0.1, -0.05) is 68.2 Å². The van der Waals surface area contributed by atoms with Gasteiger partial charge in [0.05, 0.1) is 13.7 Å². The minimum absolute atomic E-state index is 0. The van der Waals surface area contributed by atoms with Crippen LogP contribution in [0.3, 0.4) is 0 Å². The second-order valence-corrected chi connectivity index (χ2v) is 15.8. The molecule has 0 bridgehead atoms. The number of aromatic nitrogens is 2. The van der Waals surface area contributed by atoms with Crippen LogP contribution in [0.1, 0.15) is 26.7 Å². The molecular weight excluding hydrogens is 692 g/mol. The van der Waals surface area contributed by atoms with E-state index in [1.54, 1.807) is 18.3 Å². The maximum atomic E-state index is 13.6. The van der Waals surface area contributed by atoms with Crippen LogP contribution in [0.15, 0.2) is 95.7 Å². The molecule has 40 heavy (non-hydrogen) atoms. The van der Waals surface area contributed by atoms with E-state index in [4.69, 9.17) is 5.79 Å². The number of benzene rings is 3. The molecule has 6 aromatic rings. The molecule has 0 N–H and O–H groups in total. The molecule has 3 aromatic carbocycles. The van der Waals surface area contributed by atoms with Crippen molar-refractivity contribution in [3.63, 3.8) is 0 Å². The molecule has 3 aromatic heterocycles. The third-order valence-electron chi connectivity index (χ3n) is 6.60. The van der Waals surface area contributed by atoms with Crippen molar-refractivity contribution in [3.8, 4) is 22.5 Å². The van der Waals surface area contributed by atoms with Crippen molar-refractivity contribution in [2.45, 2.75) is 39.4 Å². The zero-order valence-electron chi connectivity index (χ0n) is 24.2. The van der Waals surface area contributed by atoms with E-state index in [9.17, 15) is 4.39 Å². The Balaban J connectivity index is 0.000000200. The van der Waals surface area contributed by atoms with Crippen LogP contribution in [0.5, 0.6) is 0 Å². The van der Waals surface area contributed by atoms with Crippen molar-refractivity contribution < 1.29 is 30.3 Å². The SMILES string of the molecule is C[Si](C)(C)c1ccc(-c2[c-]cccc2)nc1.[2H]C(C)(C)c1ccnc(-c2[c-]ccc3c2oc2ccc(F)cc23)c1.[Ir]. The van der Waals surface area contributed by atoms with E-state index in [-0.39, 0.29) is 25.9 Å². The van der Waals surface area contributed by atoms with E-state index < -0.39 is 14.0 Å². The van der Waals surface area contributed by atoms with Crippen LogP contribution < -0.4 is 5.19 Å². The summed E-state index contributed by atoms with van der Waals surface area (Å²) < 4.78 is 27.7. The minimum Gasteiger partial charge on any atom is -0.501 e. The monoisotopic (exact) mass is 724 g/mol. The number of hydrogen-bond donors (Lipinski definition) is 0. The van der Waals surface area contributed by atoms with Gasteiger partial charge in [0.2, 0.25) is 0 Å². The average Bonchev–Trinajstić information content (AvgIpc) is 3.31. The molecule has 0 amide bonds. The van der Waals surface area contributed by atoms with Crippen LogP contribution in [0.2, 0.25) is 19.6 Å². The molecule has 0 aliphatic rings. The summed E-state index contributed by atoms with van der Waals surface area (Å²) in [5.41, 5.74) is 5.59. The molecule has 0 spiro atoms. The molecule has 3 nitrogen and oxygen atoms in total. The number of pyridine rings is 2. The third kappa shape index (κ3) is 6.47. The average molecular weight is 724 g/mol. The predicted octanol–water partition coefficient (Wildman–Crippen LogP) is 8.80. The van der Waals surface area contributed by atoms with Crippen LogP contribution in [-0.4, -0.2) is 18.0 Å². The van der Waals surface area contributed by atoms with Gasteiger partial charge in [-0.3, -0.25) is 0 Å². The molecular formula is C34H31FIrN2OSi-2. The minimum atomic E-state index is -1.23. The van der Waals surface area contributed by atoms with E-state index in [0.717, 1.165) is 33.2 Å². The summed E-state index contributed by atoms with van der Waals surface area (Å²) in [5.74, 6) is -1.02. The van der Waals surface area contributed by atoms with Gasteiger partial charge < -0.3 is 14.4 Å². The van der Waals surface area contributed by atoms with Crippen LogP contribution >= 0.6 is 0 Å². The number of furan rings is 1. The van der Waals surface area contributed by atoms with Gasteiger partial charge in [0.25, 0.3) is 0 Å². The Morgan fingerprint density at radius 2 is 1.70 bits per heavy atom. The number of hydrogen-bond acceptors (Lipinski definition) is 3. The zero-order chi connectivity index (χ0) is 28.5. The summed E-state index contributed by atoms with van der Waals surface area (Å²) in [6.45, 7) is 10.7. The summed E-state index contributed by atoms with van der Waals surface area (Å²) in [6, 6.07) is 30.5. The molecule has 0 fully saturated rings. The van der Waals surface area contributed by atoms with Crippen molar-refractivity contribution in [1.29, 1.82) is 0 Å². The number of fused-ring (bicyclic) bond motifs is 3. The predicted molar refractivity (Wildman–Crippen MR) is 161 cm³/mol. The van der Waals surface area contributed by atoms with Gasteiger partial charge in [-0.05, 0) is 46.7 Å². The second kappa shape index (κ2) is 12.4. The Kier molecular flexibility index (Phi) is 8.70. The van der Waals surface area contributed by atoms with Gasteiger partial charge in [0.1, 0.15) is 11.4 Å². The van der Waals surface area contributed by atoms with E-state index in [0.29, 0.717) is 16.9 Å². The molecule has 6 rings (SSSR count). The molecule has 6 heteroatoms. The van der Waals surface area contributed by atoms with Crippen molar-refractivity contribution >= 4 is 35.2 Å². The van der Waals surface area contributed by atoms with E-state index in [2.05, 4.69) is 53.9 Å². The van der Waals surface area contributed by atoms with Gasteiger partial charge >= 0.3 is 0 Å². The van der Waals surface area contributed by atoms with Gasteiger partial charge in [-0.2, -0.15) is 0 Å². The maximum absolute atomic E-state index is 13.6. The van der Waals surface area contributed by atoms with E-state index in [1.165, 1.54) is 17.3 Å². The molecule has 0 saturated carbocycles. The Morgan fingerprint density at radius 1 is 0.875 bits per heavy atom. The largest absolute Gasteiger partial charge is 0.501 e. The van der Waals surface area contributed by atoms with Gasteiger partial charge in [-0.15, -0.1) is 54.1 Å². The van der Waals surface area contributed by atoms with Crippen molar-refractivity contribution in [1.82, 2.24) is 9.97 Å². The first-order valence-electron chi connectivity index (χ1n) is 13.4. The summed E-state index contributed by atoms with van der Waals surface area (Å²) in [4.78, 5) is 8.93. The smallest absolute Gasteiger partial charge is 0.124 e. The van der Waals surface area contributed by atoms with E-state index >= 15 is 0 Å². The van der Waals surface area contributed by atoms with Gasteiger partial charge in [0.15, 0.2) is 0 Å². The molecule has 0 atom stereocenters. The second-order valence-electron chi connectivity index (χ2n) is 10.7. The summed E-state index contributed by atoms with van der Waals surface area (Å²) in [6.07, 6.45) is 3.71. The van der Waals surface area contributed by atoms with Gasteiger partial charge in [0, 0.05) is 39.3 Å². The molecule has 0 aliphatic heterocycles. The molecule has 0 unspecified atom stereocenters. The standard InChI is InChI=1S/C20H15FNO.C14H16NSi.Ir/c1-12(2)13-8-9-22-18(10-13)16-5-3-4-15-17-11-14(21)6-7-19(17)23-20(15)16;1-16(2,3)13-9-10-14(15-11-13)12-7-5-4-6-8-12;/h3-4,6-12H,1-2H3;4-7,9-11H,1-3H3;/q2*-1;/i12D;;. The number of halogens is 1. The summed E-state index contributed by atoms with van der Waals surface area (Å²) in [7, 11) is -1.23. The van der Waals surface area contributed by atoms with Gasteiger partial charge in [-0.25, -0.2) is 4.39 Å². The Hall–Kier alpha value is -3.44. The first-order valence-corrected chi connectivity index (χ1v) is 16.4. The number of rotatable bonds is 4.